The number of nitrogens with one attached hydrogen (secondary N) is 2. The summed E-state index contributed by atoms with van der Waals surface area (Å²) in [6, 6.07) is 26.4. The van der Waals surface area contributed by atoms with E-state index in [2.05, 4.69) is 10.6 Å². The minimum atomic E-state index is -0.456. The lowest BCUT2D eigenvalue weighted by molar-refractivity contribution is -0.117. The fraction of sp³-hybridized carbons (Fsp3) is 0.185. The van der Waals surface area contributed by atoms with E-state index in [1.165, 1.54) is 6.20 Å². The van der Waals surface area contributed by atoms with Crippen LogP contribution in [-0.2, 0) is 4.79 Å². The molecule has 0 fully saturated rings. The highest BCUT2D eigenvalue weighted by molar-refractivity contribution is 5.97. The molecule has 3 rings (SSSR count). The van der Waals surface area contributed by atoms with E-state index in [-0.39, 0.29) is 17.7 Å². The van der Waals surface area contributed by atoms with Crippen molar-refractivity contribution in [1.82, 2.24) is 10.6 Å². The lowest BCUT2D eigenvalue weighted by Gasteiger charge is -2.20. The maximum Gasteiger partial charge on any atom is 0.264 e. The van der Waals surface area contributed by atoms with Crippen LogP contribution in [0.2, 0.25) is 0 Å². The topological polar surface area (TPSA) is 83.4 Å². The van der Waals surface area contributed by atoms with Crippen LogP contribution >= 0.6 is 0 Å². The third-order valence-corrected chi connectivity index (χ3v) is 5.29. The van der Waals surface area contributed by atoms with Gasteiger partial charge in [0.25, 0.3) is 5.91 Å². The molecule has 0 radical (unpaired) electrons. The van der Waals surface area contributed by atoms with Crippen LogP contribution in [0.15, 0.2) is 90.6 Å². The second kappa shape index (κ2) is 11.4. The molecule has 0 spiro atoms. The van der Waals surface area contributed by atoms with Gasteiger partial charge in [-0.3, -0.25) is 4.79 Å². The Balaban J connectivity index is 1.77. The van der Waals surface area contributed by atoms with Crippen LogP contribution in [0.5, 0.6) is 11.5 Å². The Hall–Kier alpha value is -4.24. The summed E-state index contributed by atoms with van der Waals surface area (Å²) < 4.78 is 10.6. The van der Waals surface area contributed by atoms with Gasteiger partial charge in [-0.05, 0) is 35.7 Å². The summed E-state index contributed by atoms with van der Waals surface area (Å²) in [6.45, 7) is 1.93. The normalized spacial score (nSPS) is 11.9. The van der Waals surface area contributed by atoms with Crippen molar-refractivity contribution in [3.05, 3.63) is 107 Å². The highest BCUT2D eigenvalue weighted by Gasteiger charge is 2.19. The molecule has 0 saturated carbocycles. The maximum absolute atomic E-state index is 13.0. The Morgan fingerprint density at radius 1 is 0.879 bits per heavy atom. The van der Waals surface area contributed by atoms with Gasteiger partial charge in [-0.25, -0.2) is 0 Å². The lowest BCUT2D eigenvalue weighted by Crippen LogP contribution is -2.31. The number of methoxy groups -OCH3 is 2. The van der Waals surface area contributed by atoms with E-state index in [1.54, 1.807) is 14.2 Å². The Labute approximate surface area is 194 Å². The molecular weight excluding hydrogens is 414 g/mol. The van der Waals surface area contributed by atoms with Gasteiger partial charge in [0, 0.05) is 12.2 Å². The highest BCUT2D eigenvalue weighted by atomic mass is 16.5. The van der Waals surface area contributed by atoms with Gasteiger partial charge in [-0.1, -0.05) is 66.7 Å². The standard InChI is InChI=1S/C27H27N3O3/c1-19(22-14-15-24(32-2)25(16-22)33-3)29-18-23(17-28)27(31)30-26(20-10-6-4-7-11-20)21-12-8-5-9-13-21/h4-16,18-19,26,29H,1-3H3,(H,30,31)/b23-18-. The minimum Gasteiger partial charge on any atom is -0.493 e. The zero-order valence-electron chi connectivity index (χ0n) is 18.9. The van der Waals surface area contributed by atoms with Crippen molar-refractivity contribution in [2.24, 2.45) is 0 Å². The summed E-state index contributed by atoms with van der Waals surface area (Å²) in [4.78, 5) is 13.0. The quantitative estimate of drug-likeness (QED) is 0.373. The first-order valence-corrected chi connectivity index (χ1v) is 10.6. The van der Waals surface area contributed by atoms with Gasteiger partial charge in [-0.15, -0.1) is 0 Å². The van der Waals surface area contributed by atoms with Crippen LogP contribution in [0.25, 0.3) is 0 Å². The van der Waals surface area contributed by atoms with Crippen LogP contribution in [0, 0.1) is 11.3 Å². The number of ether oxygens (including phenoxy) is 2. The zero-order valence-corrected chi connectivity index (χ0v) is 18.9. The second-order valence-electron chi connectivity index (χ2n) is 7.40. The molecule has 3 aromatic rings. The summed E-state index contributed by atoms with van der Waals surface area (Å²) in [7, 11) is 3.16. The average molecular weight is 442 g/mol. The van der Waals surface area contributed by atoms with Gasteiger partial charge in [0.2, 0.25) is 0 Å². The lowest BCUT2D eigenvalue weighted by atomic mass is 9.98. The summed E-state index contributed by atoms with van der Waals surface area (Å²) in [5, 5.41) is 15.8. The number of carbonyl (C=O) groups is 1. The van der Waals surface area contributed by atoms with E-state index < -0.39 is 5.91 Å². The van der Waals surface area contributed by atoms with Crippen molar-refractivity contribution < 1.29 is 14.3 Å². The van der Waals surface area contributed by atoms with Crippen molar-refractivity contribution in [2.45, 2.75) is 19.0 Å². The molecule has 1 unspecified atom stereocenters. The summed E-state index contributed by atoms with van der Waals surface area (Å²) in [5.41, 5.74) is 2.77. The molecule has 0 saturated heterocycles. The van der Waals surface area contributed by atoms with Crippen LogP contribution in [0.1, 0.15) is 35.7 Å². The molecule has 0 aromatic heterocycles. The van der Waals surface area contributed by atoms with E-state index in [9.17, 15) is 10.1 Å². The molecule has 6 nitrogen and oxygen atoms in total. The Morgan fingerprint density at radius 3 is 1.97 bits per heavy atom. The number of benzene rings is 3. The fourth-order valence-electron chi connectivity index (χ4n) is 3.43. The summed E-state index contributed by atoms with van der Waals surface area (Å²) >= 11 is 0. The molecule has 33 heavy (non-hydrogen) atoms. The fourth-order valence-corrected chi connectivity index (χ4v) is 3.43. The van der Waals surface area contributed by atoms with Crippen LogP contribution in [0.4, 0.5) is 0 Å². The van der Waals surface area contributed by atoms with Gasteiger partial charge in [0.05, 0.1) is 20.3 Å². The minimum absolute atomic E-state index is 0.0146. The van der Waals surface area contributed by atoms with Gasteiger partial charge >= 0.3 is 0 Å². The number of rotatable bonds is 9. The molecule has 0 aliphatic rings. The number of nitriles is 1. The molecule has 1 atom stereocenters. The third-order valence-electron chi connectivity index (χ3n) is 5.29. The van der Waals surface area contributed by atoms with Crippen molar-refractivity contribution in [3.63, 3.8) is 0 Å². The molecular formula is C27H27N3O3. The predicted octanol–water partition coefficient (Wildman–Crippen LogP) is 4.67. The first-order chi connectivity index (χ1) is 16.1. The predicted molar refractivity (Wildman–Crippen MR) is 128 cm³/mol. The van der Waals surface area contributed by atoms with Gasteiger partial charge < -0.3 is 20.1 Å². The Kier molecular flexibility index (Phi) is 8.09. The third kappa shape index (κ3) is 5.92. The van der Waals surface area contributed by atoms with Gasteiger partial charge in [-0.2, -0.15) is 5.26 Å². The number of hydrogen-bond donors (Lipinski definition) is 2. The number of amides is 1. The Bertz CT molecular complexity index is 1100. The molecule has 0 heterocycles. The van der Waals surface area contributed by atoms with Crippen molar-refractivity contribution in [2.75, 3.05) is 14.2 Å². The molecule has 2 N–H and O–H groups in total. The van der Waals surface area contributed by atoms with Crippen LogP contribution < -0.4 is 20.1 Å². The summed E-state index contributed by atoms with van der Waals surface area (Å²) in [6.07, 6.45) is 1.45. The van der Waals surface area contributed by atoms with Crippen LogP contribution in [-0.4, -0.2) is 20.1 Å². The molecule has 0 bridgehead atoms. The van der Waals surface area contributed by atoms with Gasteiger partial charge in [0.15, 0.2) is 11.5 Å². The Morgan fingerprint density at radius 2 is 1.45 bits per heavy atom. The van der Waals surface area contributed by atoms with Crippen molar-refractivity contribution in [3.8, 4) is 17.6 Å². The zero-order chi connectivity index (χ0) is 23.6. The highest BCUT2D eigenvalue weighted by Crippen LogP contribution is 2.30. The maximum atomic E-state index is 13.0. The molecule has 3 aromatic carbocycles. The number of hydrogen-bond acceptors (Lipinski definition) is 5. The molecule has 0 aliphatic heterocycles. The molecule has 0 aliphatic carbocycles. The SMILES string of the molecule is COc1ccc(C(C)N/C=C(/C#N)C(=O)NC(c2ccccc2)c2ccccc2)cc1OC. The number of carbonyl (C=O) groups excluding carboxylic acids is 1. The van der Waals surface area contributed by atoms with E-state index >= 15 is 0 Å². The smallest absolute Gasteiger partial charge is 0.264 e. The summed E-state index contributed by atoms with van der Waals surface area (Å²) in [5.74, 6) is 0.788. The average Bonchev–Trinajstić information content (AvgIpc) is 2.88. The van der Waals surface area contributed by atoms with E-state index in [0.717, 1.165) is 16.7 Å². The monoisotopic (exact) mass is 441 g/mol. The molecule has 168 valence electrons. The van der Waals surface area contributed by atoms with Gasteiger partial charge in [0.1, 0.15) is 11.6 Å². The molecule has 6 heteroatoms. The second-order valence-corrected chi connectivity index (χ2v) is 7.40. The van der Waals surface area contributed by atoms with E-state index in [0.29, 0.717) is 11.5 Å². The number of nitrogens with zero attached hydrogens (tertiary/aromatic N) is 1. The van der Waals surface area contributed by atoms with Crippen molar-refractivity contribution in [1.29, 1.82) is 5.26 Å². The first kappa shape index (κ1) is 23.4. The van der Waals surface area contributed by atoms with E-state index in [4.69, 9.17) is 9.47 Å². The molecule has 1 amide bonds. The largest absolute Gasteiger partial charge is 0.493 e. The van der Waals surface area contributed by atoms with Crippen LogP contribution in [0.3, 0.4) is 0 Å². The van der Waals surface area contributed by atoms with Crippen molar-refractivity contribution >= 4 is 5.91 Å². The van der Waals surface area contributed by atoms with E-state index in [1.807, 2.05) is 91.9 Å². The first-order valence-electron chi connectivity index (χ1n) is 10.6.